The highest BCUT2D eigenvalue weighted by Crippen LogP contribution is 2.35. The van der Waals surface area contributed by atoms with Crippen LogP contribution in [0.25, 0.3) is 0 Å². The fourth-order valence-electron chi connectivity index (χ4n) is 3.74. The fraction of sp³-hybridized carbons (Fsp3) is 0.368. The van der Waals surface area contributed by atoms with Gasteiger partial charge in [0.1, 0.15) is 0 Å². The number of aliphatic hydroxyl groups is 1. The molecule has 0 bridgehead atoms. The van der Waals surface area contributed by atoms with Crippen LogP contribution in [0.5, 0.6) is 0 Å². The predicted molar refractivity (Wildman–Crippen MR) is 91.9 cm³/mol. The van der Waals surface area contributed by atoms with Crippen molar-refractivity contribution in [3.8, 4) is 0 Å². The Balaban J connectivity index is 1.52. The van der Waals surface area contributed by atoms with E-state index >= 15 is 0 Å². The largest absolute Gasteiger partial charge is 0.388 e. The van der Waals surface area contributed by atoms with E-state index in [1.54, 1.807) is 6.20 Å². The van der Waals surface area contributed by atoms with Crippen LogP contribution in [-0.2, 0) is 0 Å². The zero-order valence-electron chi connectivity index (χ0n) is 13.5. The van der Waals surface area contributed by atoms with Crippen LogP contribution in [0.4, 0.5) is 10.5 Å². The highest BCUT2D eigenvalue weighted by atomic mass is 16.3. The van der Waals surface area contributed by atoms with E-state index in [0.29, 0.717) is 18.9 Å². The molecule has 2 aromatic rings. The van der Waals surface area contributed by atoms with E-state index in [1.807, 2.05) is 46.3 Å². The Kier molecular flexibility index (Phi) is 3.94. The van der Waals surface area contributed by atoms with E-state index in [-0.39, 0.29) is 6.03 Å². The highest BCUT2D eigenvalue weighted by Gasteiger charge is 2.34. The number of aromatic nitrogens is 1. The number of para-hydroxylation sites is 1. The lowest BCUT2D eigenvalue weighted by Crippen LogP contribution is -2.45. The van der Waals surface area contributed by atoms with Crippen LogP contribution < -0.4 is 4.90 Å². The van der Waals surface area contributed by atoms with Gasteiger partial charge in [0.05, 0.1) is 11.8 Å². The van der Waals surface area contributed by atoms with Crippen LogP contribution >= 0.6 is 0 Å². The normalized spacial score (nSPS) is 23.2. The van der Waals surface area contributed by atoms with E-state index in [0.717, 1.165) is 30.8 Å². The van der Waals surface area contributed by atoms with Gasteiger partial charge < -0.3 is 10.0 Å². The maximum atomic E-state index is 13.0. The number of amides is 2. The van der Waals surface area contributed by atoms with Gasteiger partial charge in [0, 0.05) is 43.5 Å². The number of anilines is 1. The molecule has 0 radical (unpaired) electrons. The average molecular weight is 323 g/mol. The summed E-state index contributed by atoms with van der Waals surface area (Å²) in [5.41, 5.74) is 2.88. The van der Waals surface area contributed by atoms with Gasteiger partial charge in [-0.15, -0.1) is 0 Å². The molecule has 2 atom stereocenters. The van der Waals surface area contributed by atoms with Crippen molar-refractivity contribution >= 4 is 11.7 Å². The lowest BCUT2D eigenvalue weighted by atomic mass is 9.99. The van der Waals surface area contributed by atoms with Gasteiger partial charge in [-0.2, -0.15) is 0 Å². The Bertz CT molecular complexity index is 734. The first-order chi connectivity index (χ1) is 11.7. The van der Waals surface area contributed by atoms with Crippen molar-refractivity contribution in [2.45, 2.75) is 24.9 Å². The van der Waals surface area contributed by atoms with E-state index in [2.05, 4.69) is 11.1 Å². The molecule has 2 aliphatic rings. The molecule has 5 heteroatoms. The molecule has 0 spiro atoms. The highest BCUT2D eigenvalue weighted by molar-refractivity contribution is 5.93. The lowest BCUT2D eigenvalue weighted by Gasteiger charge is -2.34. The third-order valence-electron chi connectivity index (χ3n) is 5.06. The Morgan fingerprint density at radius 1 is 1.12 bits per heavy atom. The zero-order valence-corrected chi connectivity index (χ0v) is 13.5. The van der Waals surface area contributed by atoms with Crippen molar-refractivity contribution < 1.29 is 9.90 Å². The molecule has 124 valence electrons. The number of fused-ring (bicyclic) bond motifs is 1. The van der Waals surface area contributed by atoms with Crippen molar-refractivity contribution in [3.63, 3.8) is 0 Å². The minimum atomic E-state index is -0.480. The first-order valence-electron chi connectivity index (χ1n) is 8.47. The van der Waals surface area contributed by atoms with Crippen LogP contribution in [0.15, 0.2) is 48.8 Å². The second-order valence-electron chi connectivity index (χ2n) is 6.52. The summed E-state index contributed by atoms with van der Waals surface area (Å²) in [6, 6.07) is 11.7. The topological polar surface area (TPSA) is 56.7 Å². The summed E-state index contributed by atoms with van der Waals surface area (Å²) in [4.78, 5) is 20.9. The first kappa shape index (κ1) is 15.1. The van der Waals surface area contributed by atoms with Crippen molar-refractivity contribution in [1.82, 2.24) is 9.88 Å². The molecular weight excluding hydrogens is 302 g/mol. The Morgan fingerprint density at radius 3 is 2.83 bits per heavy atom. The SMILES string of the molecule is O=C(N1CCC(c2cccnc2)C1)N1CCC(O)c2ccccc21. The number of hydrogen-bond donors (Lipinski definition) is 1. The number of likely N-dealkylation sites (tertiary alicyclic amines) is 1. The lowest BCUT2D eigenvalue weighted by molar-refractivity contribution is 0.162. The summed E-state index contributed by atoms with van der Waals surface area (Å²) in [7, 11) is 0. The van der Waals surface area contributed by atoms with Gasteiger partial charge in [0.2, 0.25) is 0 Å². The Hall–Kier alpha value is -2.40. The standard InChI is InChI=1S/C19H21N3O2/c23-18-8-11-22(17-6-2-1-5-16(17)18)19(24)21-10-7-15(13-21)14-4-3-9-20-12-14/h1-6,9,12,15,18,23H,7-8,10-11,13H2. The van der Waals surface area contributed by atoms with Crippen molar-refractivity contribution in [1.29, 1.82) is 0 Å². The summed E-state index contributed by atoms with van der Waals surface area (Å²) >= 11 is 0. The van der Waals surface area contributed by atoms with Crippen LogP contribution in [0.2, 0.25) is 0 Å². The second kappa shape index (κ2) is 6.24. The van der Waals surface area contributed by atoms with E-state index in [4.69, 9.17) is 0 Å². The molecule has 2 aliphatic heterocycles. The molecule has 1 saturated heterocycles. The van der Waals surface area contributed by atoms with Crippen LogP contribution in [-0.4, -0.2) is 40.7 Å². The van der Waals surface area contributed by atoms with Crippen LogP contribution in [0, 0.1) is 0 Å². The maximum absolute atomic E-state index is 13.0. The minimum Gasteiger partial charge on any atom is -0.388 e. The third kappa shape index (κ3) is 2.65. The van der Waals surface area contributed by atoms with Crippen molar-refractivity contribution in [3.05, 3.63) is 59.9 Å². The molecule has 3 heterocycles. The van der Waals surface area contributed by atoms with Gasteiger partial charge in [-0.1, -0.05) is 24.3 Å². The van der Waals surface area contributed by atoms with Gasteiger partial charge >= 0.3 is 6.03 Å². The molecule has 1 N–H and O–H groups in total. The summed E-state index contributed by atoms with van der Waals surface area (Å²) in [5.74, 6) is 0.355. The minimum absolute atomic E-state index is 0.0424. The number of nitrogens with zero attached hydrogens (tertiary/aromatic N) is 3. The number of aliphatic hydroxyl groups excluding tert-OH is 1. The van der Waals surface area contributed by atoms with Crippen LogP contribution in [0.1, 0.15) is 36.0 Å². The fourth-order valence-corrected chi connectivity index (χ4v) is 3.74. The molecular formula is C19H21N3O2. The molecule has 4 rings (SSSR count). The molecule has 2 unspecified atom stereocenters. The molecule has 2 amide bonds. The average Bonchev–Trinajstić information content (AvgIpc) is 3.13. The predicted octanol–water partition coefficient (Wildman–Crippen LogP) is 2.93. The maximum Gasteiger partial charge on any atom is 0.324 e. The number of rotatable bonds is 1. The zero-order chi connectivity index (χ0) is 16.5. The summed E-state index contributed by atoms with van der Waals surface area (Å²) in [6.45, 7) is 2.05. The van der Waals surface area contributed by atoms with Crippen molar-refractivity contribution in [2.24, 2.45) is 0 Å². The number of urea groups is 1. The summed E-state index contributed by atoms with van der Waals surface area (Å²) in [6.07, 6.45) is 4.74. The van der Waals surface area contributed by atoms with Crippen LogP contribution in [0.3, 0.4) is 0 Å². The number of hydrogen-bond acceptors (Lipinski definition) is 3. The van der Waals surface area contributed by atoms with E-state index in [9.17, 15) is 9.90 Å². The second-order valence-corrected chi connectivity index (χ2v) is 6.52. The van der Waals surface area contributed by atoms with Gasteiger partial charge in [-0.25, -0.2) is 4.79 Å². The number of carbonyl (C=O) groups is 1. The first-order valence-corrected chi connectivity index (χ1v) is 8.47. The van der Waals surface area contributed by atoms with Gasteiger partial charge in [-0.3, -0.25) is 9.88 Å². The molecule has 0 aliphatic carbocycles. The Morgan fingerprint density at radius 2 is 2.00 bits per heavy atom. The smallest absolute Gasteiger partial charge is 0.324 e. The number of pyridine rings is 1. The Labute approximate surface area is 141 Å². The quantitative estimate of drug-likeness (QED) is 0.878. The van der Waals surface area contributed by atoms with Gasteiger partial charge in [0.15, 0.2) is 0 Å². The van der Waals surface area contributed by atoms with E-state index in [1.165, 1.54) is 5.56 Å². The molecule has 1 fully saturated rings. The van der Waals surface area contributed by atoms with Crippen molar-refractivity contribution in [2.75, 3.05) is 24.5 Å². The molecule has 1 aromatic heterocycles. The van der Waals surface area contributed by atoms with Gasteiger partial charge in [-0.05, 0) is 30.5 Å². The monoisotopic (exact) mass is 323 g/mol. The summed E-state index contributed by atoms with van der Waals surface area (Å²) in [5, 5.41) is 10.2. The number of benzene rings is 1. The number of carbonyl (C=O) groups excluding carboxylic acids is 1. The van der Waals surface area contributed by atoms with E-state index < -0.39 is 6.10 Å². The van der Waals surface area contributed by atoms with Gasteiger partial charge in [0.25, 0.3) is 0 Å². The molecule has 1 aromatic carbocycles. The third-order valence-corrected chi connectivity index (χ3v) is 5.06. The molecule has 24 heavy (non-hydrogen) atoms. The molecule has 5 nitrogen and oxygen atoms in total. The molecule has 0 saturated carbocycles. The summed E-state index contributed by atoms with van der Waals surface area (Å²) < 4.78 is 0.